The van der Waals surface area contributed by atoms with E-state index in [0.717, 1.165) is 36.4 Å². The summed E-state index contributed by atoms with van der Waals surface area (Å²) >= 11 is 0. The molecule has 0 radical (unpaired) electrons. The first-order valence-electron chi connectivity index (χ1n) is 5.33. The second kappa shape index (κ2) is 4.92. The lowest BCUT2D eigenvalue weighted by molar-refractivity contribution is -0.274. The highest BCUT2D eigenvalue weighted by Gasteiger charge is 2.31. The van der Waals surface area contributed by atoms with Crippen molar-refractivity contribution >= 4 is 0 Å². The fourth-order valence-electron chi connectivity index (χ4n) is 1.67. The molecule has 3 nitrogen and oxygen atoms in total. The summed E-state index contributed by atoms with van der Waals surface area (Å²) in [6.07, 6.45) is -4.92. The lowest BCUT2D eigenvalue weighted by atomic mass is 10.0. The van der Waals surface area contributed by atoms with Crippen LogP contribution in [0.25, 0.3) is 11.1 Å². The Hall–Kier alpha value is -2.44. The van der Waals surface area contributed by atoms with Crippen molar-refractivity contribution < 1.29 is 32.5 Å². The maximum atomic E-state index is 13.1. The van der Waals surface area contributed by atoms with Crippen molar-refractivity contribution in [3.05, 3.63) is 42.2 Å². The molecule has 2 aromatic carbocycles. The van der Waals surface area contributed by atoms with Crippen LogP contribution in [0.4, 0.5) is 17.6 Å². The van der Waals surface area contributed by atoms with Gasteiger partial charge in [-0.05, 0) is 35.9 Å². The van der Waals surface area contributed by atoms with Crippen molar-refractivity contribution in [3.8, 4) is 28.4 Å². The molecular weight excluding hydrogens is 280 g/mol. The fraction of sp³-hybridized carbons (Fsp3) is 0.0769. The molecule has 2 rings (SSSR count). The van der Waals surface area contributed by atoms with E-state index in [2.05, 4.69) is 4.74 Å². The molecule has 0 aromatic heterocycles. The molecular formula is C13H8F4O3. The number of ether oxygens (including phenoxy) is 1. The van der Waals surface area contributed by atoms with Crippen LogP contribution in [0.5, 0.6) is 17.2 Å². The number of hydrogen-bond donors (Lipinski definition) is 2. The van der Waals surface area contributed by atoms with Crippen molar-refractivity contribution in [2.24, 2.45) is 0 Å². The number of phenolic OH excluding ortho intramolecular Hbond substituents is 2. The van der Waals surface area contributed by atoms with Gasteiger partial charge in [0.15, 0.2) is 0 Å². The van der Waals surface area contributed by atoms with Crippen molar-refractivity contribution in [1.82, 2.24) is 0 Å². The summed E-state index contributed by atoms with van der Waals surface area (Å²) in [6, 6.07) is 5.75. The Labute approximate surface area is 110 Å². The zero-order chi connectivity index (χ0) is 14.9. The molecule has 0 saturated carbocycles. The Balaban J connectivity index is 2.49. The molecule has 20 heavy (non-hydrogen) atoms. The van der Waals surface area contributed by atoms with E-state index >= 15 is 0 Å². The highest BCUT2D eigenvalue weighted by atomic mass is 19.4. The average Bonchev–Trinajstić information content (AvgIpc) is 2.29. The minimum atomic E-state index is -4.92. The van der Waals surface area contributed by atoms with Gasteiger partial charge >= 0.3 is 6.36 Å². The molecule has 0 spiro atoms. The lowest BCUT2D eigenvalue weighted by Gasteiger charge is -2.11. The Morgan fingerprint density at radius 1 is 0.950 bits per heavy atom. The van der Waals surface area contributed by atoms with Gasteiger partial charge in [-0.15, -0.1) is 13.2 Å². The number of halogens is 4. The third-order valence-electron chi connectivity index (χ3n) is 2.39. The second-order valence-corrected chi connectivity index (χ2v) is 3.92. The average molecular weight is 288 g/mol. The van der Waals surface area contributed by atoms with Crippen molar-refractivity contribution in [2.75, 3.05) is 0 Å². The maximum Gasteiger partial charge on any atom is 0.573 e. The summed E-state index contributed by atoms with van der Waals surface area (Å²) in [5.74, 6) is -2.20. The van der Waals surface area contributed by atoms with Crippen LogP contribution in [0.2, 0.25) is 0 Å². The molecule has 106 valence electrons. The first-order valence-corrected chi connectivity index (χ1v) is 5.33. The summed E-state index contributed by atoms with van der Waals surface area (Å²) in [6.45, 7) is 0. The van der Waals surface area contributed by atoms with Gasteiger partial charge in [0.1, 0.15) is 23.1 Å². The van der Waals surface area contributed by atoms with Crippen LogP contribution in [0, 0.1) is 5.82 Å². The van der Waals surface area contributed by atoms with Gasteiger partial charge in [-0.2, -0.15) is 0 Å². The molecule has 7 heteroatoms. The molecule has 0 atom stereocenters. The lowest BCUT2D eigenvalue weighted by Crippen LogP contribution is -2.17. The Morgan fingerprint density at radius 3 is 2.30 bits per heavy atom. The van der Waals surface area contributed by atoms with Gasteiger partial charge in [0, 0.05) is 11.6 Å². The molecule has 0 bridgehead atoms. The standard InChI is InChI=1S/C13H8F4O3/c14-8-1-2-12(19)11(5-8)7-3-9(18)6-10(4-7)20-13(15,16)17/h1-6,18-19H. The second-order valence-electron chi connectivity index (χ2n) is 3.92. The summed E-state index contributed by atoms with van der Waals surface area (Å²) in [4.78, 5) is 0. The van der Waals surface area contributed by atoms with Gasteiger partial charge in [-0.1, -0.05) is 0 Å². The normalized spacial score (nSPS) is 11.4. The predicted molar refractivity (Wildman–Crippen MR) is 61.8 cm³/mol. The molecule has 0 unspecified atom stereocenters. The number of benzene rings is 2. The molecule has 0 aliphatic carbocycles. The van der Waals surface area contributed by atoms with E-state index in [-0.39, 0.29) is 16.9 Å². The predicted octanol–water partition coefficient (Wildman–Crippen LogP) is 3.80. The van der Waals surface area contributed by atoms with E-state index < -0.39 is 23.7 Å². The van der Waals surface area contributed by atoms with Crippen molar-refractivity contribution in [1.29, 1.82) is 0 Å². The number of hydrogen-bond acceptors (Lipinski definition) is 3. The highest BCUT2D eigenvalue weighted by molar-refractivity contribution is 5.72. The largest absolute Gasteiger partial charge is 0.573 e. The molecule has 0 fully saturated rings. The van der Waals surface area contributed by atoms with Crippen LogP contribution in [0.3, 0.4) is 0 Å². The van der Waals surface area contributed by atoms with Crippen LogP contribution in [-0.4, -0.2) is 16.6 Å². The minimum Gasteiger partial charge on any atom is -0.508 e. The van der Waals surface area contributed by atoms with Gasteiger partial charge in [-0.25, -0.2) is 4.39 Å². The molecule has 0 amide bonds. The molecule has 2 N–H and O–H groups in total. The highest BCUT2D eigenvalue weighted by Crippen LogP contribution is 2.36. The zero-order valence-electron chi connectivity index (χ0n) is 9.78. The minimum absolute atomic E-state index is 0.0127. The van der Waals surface area contributed by atoms with Gasteiger partial charge in [0.2, 0.25) is 0 Å². The van der Waals surface area contributed by atoms with Crippen LogP contribution >= 0.6 is 0 Å². The van der Waals surface area contributed by atoms with Gasteiger partial charge in [0.25, 0.3) is 0 Å². The molecule has 0 aliphatic heterocycles. The van der Waals surface area contributed by atoms with E-state index in [9.17, 15) is 27.8 Å². The van der Waals surface area contributed by atoms with Crippen LogP contribution in [-0.2, 0) is 0 Å². The van der Waals surface area contributed by atoms with Crippen molar-refractivity contribution in [3.63, 3.8) is 0 Å². The third kappa shape index (κ3) is 3.31. The fourth-order valence-corrected chi connectivity index (χ4v) is 1.67. The summed E-state index contributed by atoms with van der Waals surface area (Å²) in [7, 11) is 0. The van der Waals surface area contributed by atoms with Gasteiger partial charge < -0.3 is 14.9 Å². The van der Waals surface area contributed by atoms with E-state index in [0.29, 0.717) is 0 Å². The summed E-state index contributed by atoms with van der Waals surface area (Å²) in [5, 5.41) is 19.0. The van der Waals surface area contributed by atoms with E-state index in [1.807, 2.05) is 0 Å². The number of alkyl halides is 3. The van der Waals surface area contributed by atoms with Crippen molar-refractivity contribution in [2.45, 2.75) is 6.36 Å². The van der Waals surface area contributed by atoms with Crippen LogP contribution < -0.4 is 4.74 Å². The Morgan fingerprint density at radius 2 is 1.65 bits per heavy atom. The van der Waals surface area contributed by atoms with Crippen LogP contribution in [0.1, 0.15) is 0 Å². The Kier molecular flexibility index (Phi) is 3.44. The first-order chi connectivity index (χ1) is 9.24. The smallest absolute Gasteiger partial charge is 0.508 e. The number of phenols is 2. The third-order valence-corrected chi connectivity index (χ3v) is 2.39. The monoisotopic (exact) mass is 288 g/mol. The quantitative estimate of drug-likeness (QED) is 0.826. The van der Waals surface area contributed by atoms with Gasteiger partial charge in [0.05, 0.1) is 0 Å². The maximum absolute atomic E-state index is 13.1. The Bertz CT molecular complexity index is 638. The number of aromatic hydroxyl groups is 2. The zero-order valence-corrected chi connectivity index (χ0v) is 9.78. The van der Waals surface area contributed by atoms with Crippen LogP contribution in [0.15, 0.2) is 36.4 Å². The van der Waals surface area contributed by atoms with E-state index in [1.54, 1.807) is 0 Å². The van der Waals surface area contributed by atoms with E-state index in [1.165, 1.54) is 0 Å². The molecule has 2 aromatic rings. The summed E-state index contributed by atoms with van der Waals surface area (Å²) in [5.41, 5.74) is -0.0748. The summed E-state index contributed by atoms with van der Waals surface area (Å²) < 4.78 is 53.2. The van der Waals surface area contributed by atoms with E-state index in [4.69, 9.17) is 0 Å². The topological polar surface area (TPSA) is 49.7 Å². The molecule has 0 heterocycles. The SMILES string of the molecule is Oc1cc(OC(F)(F)F)cc(-c2cc(F)ccc2O)c1. The number of rotatable bonds is 2. The molecule has 0 saturated heterocycles. The van der Waals surface area contributed by atoms with Gasteiger partial charge in [-0.3, -0.25) is 0 Å². The molecule has 0 aliphatic rings. The first kappa shape index (κ1) is 14.0.